The summed E-state index contributed by atoms with van der Waals surface area (Å²) in [6.07, 6.45) is 3.19. The maximum absolute atomic E-state index is 12.7. The van der Waals surface area contributed by atoms with Gasteiger partial charge in [-0.1, -0.05) is 17.7 Å². The summed E-state index contributed by atoms with van der Waals surface area (Å²) in [4.78, 5) is 4.45. The third kappa shape index (κ3) is 2.12. The quantitative estimate of drug-likeness (QED) is 0.492. The molecule has 0 unspecified atom stereocenters. The Bertz CT molecular complexity index is 883. The number of hydrogen-bond donors (Lipinski definition) is 0. The molecule has 2 heterocycles. The number of rotatable bonds is 2. The van der Waals surface area contributed by atoms with E-state index < -0.39 is 10.0 Å². The van der Waals surface area contributed by atoms with Crippen molar-refractivity contribution in [2.24, 2.45) is 0 Å². The summed E-state index contributed by atoms with van der Waals surface area (Å²) in [5, 5.41) is 0.837. The van der Waals surface area contributed by atoms with Gasteiger partial charge in [0.25, 0.3) is 10.0 Å². The van der Waals surface area contributed by atoms with E-state index in [0.717, 1.165) is 14.7 Å². The third-order valence-corrected chi connectivity index (χ3v) is 5.67. The van der Waals surface area contributed by atoms with Crippen LogP contribution in [0.3, 0.4) is 0 Å². The molecule has 0 aliphatic carbocycles. The van der Waals surface area contributed by atoms with Crippen molar-refractivity contribution in [2.75, 3.05) is 0 Å². The Morgan fingerprint density at radius 1 is 1.10 bits per heavy atom. The Hall–Kier alpha value is -1.41. The van der Waals surface area contributed by atoms with Crippen molar-refractivity contribution < 1.29 is 8.42 Å². The summed E-state index contributed by atoms with van der Waals surface area (Å²) in [5.74, 6) is 0. The zero-order valence-electron chi connectivity index (χ0n) is 10.6. The Kier molecular flexibility index (Phi) is 3.29. The second-order valence-electron chi connectivity index (χ2n) is 4.46. The maximum atomic E-state index is 12.7. The average Bonchev–Trinajstić information content (AvgIpc) is 2.85. The van der Waals surface area contributed by atoms with Gasteiger partial charge in [-0.2, -0.15) is 0 Å². The fourth-order valence-corrected chi connectivity index (χ4v) is 4.00. The summed E-state index contributed by atoms with van der Waals surface area (Å²) < 4.78 is 27.4. The van der Waals surface area contributed by atoms with Gasteiger partial charge in [0.05, 0.1) is 10.4 Å². The lowest BCUT2D eigenvalue weighted by Gasteiger charge is -2.08. The van der Waals surface area contributed by atoms with Gasteiger partial charge in [-0.05, 0) is 53.8 Å². The standard InChI is InChI=1S/C14H11IN2O2S/c1-10-2-4-11(5-3-10)20(18,19)17-9-7-12-13(17)6-8-16-14(12)15/h2-9H,1H3. The van der Waals surface area contributed by atoms with Crippen molar-refractivity contribution in [3.63, 3.8) is 0 Å². The smallest absolute Gasteiger partial charge is 0.250 e. The molecule has 0 amide bonds. The first-order valence-corrected chi connectivity index (χ1v) is 8.46. The number of fused-ring (bicyclic) bond motifs is 1. The molecule has 4 nitrogen and oxygen atoms in total. The maximum Gasteiger partial charge on any atom is 0.268 e. The lowest BCUT2D eigenvalue weighted by molar-refractivity contribution is 0.589. The molecule has 0 saturated heterocycles. The lowest BCUT2D eigenvalue weighted by atomic mass is 10.2. The van der Waals surface area contributed by atoms with Crippen molar-refractivity contribution in [2.45, 2.75) is 11.8 Å². The molecule has 0 N–H and O–H groups in total. The summed E-state index contributed by atoms with van der Waals surface area (Å²) in [6, 6.07) is 10.3. The first-order chi connectivity index (χ1) is 9.50. The predicted octanol–water partition coefficient (Wildman–Crippen LogP) is 3.19. The molecule has 0 fully saturated rings. The van der Waals surface area contributed by atoms with Crippen LogP contribution in [0.25, 0.3) is 10.9 Å². The van der Waals surface area contributed by atoms with Gasteiger partial charge < -0.3 is 0 Å². The SMILES string of the molecule is Cc1ccc(S(=O)(=O)n2ccc3c(I)nccc32)cc1. The normalized spacial score (nSPS) is 11.9. The van der Waals surface area contributed by atoms with Gasteiger partial charge in [0.2, 0.25) is 0 Å². The molecule has 0 aliphatic rings. The second kappa shape index (κ2) is 4.85. The van der Waals surface area contributed by atoms with E-state index in [1.807, 2.05) is 6.92 Å². The molecular formula is C14H11IN2O2S. The Morgan fingerprint density at radius 3 is 2.50 bits per heavy atom. The molecule has 3 rings (SSSR count). The Balaban J connectivity index is 2.24. The van der Waals surface area contributed by atoms with E-state index in [4.69, 9.17) is 0 Å². The average molecular weight is 398 g/mol. The van der Waals surface area contributed by atoms with Crippen molar-refractivity contribution in [3.05, 3.63) is 58.1 Å². The number of benzene rings is 1. The number of pyridine rings is 1. The molecule has 0 aliphatic heterocycles. The molecule has 2 aromatic heterocycles. The number of aryl methyl sites for hydroxylation is 1. The summed E-state index contributed by atoms with van der Waals surface area (Å²) in [6.45, 7) is 1.93. The van der Waals surface area contributed by atoms with Gasteiger partial charge >= 0.3 is 0 Å². The molecule has 1 aromatic carbocycles. The monoisotopic (exact) mass is 398 g/mol. The van der Waals surface area contributed by atoms with Gasteiger partial charge in [-0.3, -0.25) is 0 Å². The molecule has 6 heteroatoms. The van der Waals surface area contributed by atoms with E-state index in [2.05, 4.69) is 27.6 Å². The first kappa shape index (κ1) is 13.6. The number of aromatic nitrogens is 2. The molecule has 102 valence electrons. The number of hydrogen-bond acceptors (Lipinski definition) is 3. The van der Waals surface area contributed by atoms with Gasteiger partial charge in [0, 0.05) is 17.8 Å². The van der Waals surface area contributed by atoms with E-state index in [1.165, 1.54) is 3.97 Å². The van der Waals surface area contributed by atoms with Crippen LogP contribution in [0.4, 0.5) is 0 Å². The summed E-state index contributed by atoms with van der Waals surface area (Å²) in [5.41, 5.74) is 1.67. The summed E-state index contributed by atoms with van der Waals surface area (Å²) >= 11 is 2.10. The highest BCUT2D eigenvalue weighted by Crippen LogP contribution is 2.24. The van der Waals surface area contributed by atoms with Crippen molar-refractivity contribution >= 4 is 43.5 Å². The lowest BCUT2D eigenvalue weighted by Crippen LogP contribution is -2.11. The number of halogens is 1. The zero-order chi connectivity index (χ0) is 14.3. The second-order valence-corrected chi connectivity index (χ2v) is 7.30. The Labute approximate surface area is 130 Å². The van der Waals surface area contributed by atoms with E-state index >= 15 is 0 Å². The Morgan fingerprint density at radius 2 is 1.80 bits per heavy atom. The van der Waals surface area contributed by atoms with E-state index in [9.17, 15) is 8.42 Å². The minimum absolute atomic E-state index is 0.285. The zero-order valence-corrected chi connectivity index (χ0v) is 13.6. The van der Waals surface area contributed by atoms with Crippen LogP contribution in [0.1, 0.15) is 5.56 Å². The predicted molar refractivity (Wildman–Crippen MR) is 86.2 cm³/mol. The van der Waals surface area contributed by atoms with Crippen LogP contribution in [0.15, 0.2) is 53.7 Å². The number of nitrogens with zero attached hydrogens (tertiary/aromatic N) is 2. The van der Waals surface area contributed by atoms with Crippen LogP contribution in [-0.2, 0) is 10.0 Å². The molecule has 0 bridgehead atoms. The van der Waals surface area contributed by atoms with Crippen molar-refractivity contribution in [1.82, 2.24) is 8.96 Å². The summed E-state index contributed by atoms with van der Waals surface area (Å²) in [7, 11) is -3.57. The van der Waals surface area contributed by atoms with E-state index in [-0.39, 0.29) is 4.90 Å². The van der Waals surface area contributed by atoms with Crippen LogP contribution >= 0.6 is 22.6 Å². The third-order valence-electron chi connectivity index (χ3n) is 3.11. The fraction of sp³-hybridized carbons (Fsp3) is 0.0714. The molecule has 0 radical (unpaired) electrons. The van der Waals surface area contributed by atoms with Crippen LogP contribution < -0.4 is 0 Å². The molecular weight excluding hydrogens is 387 g/mol. The van der Waals surface area contributed by atoms with Crippen LogP contribution in [0.2, 0.25) is 0 Å². The molecule has 3 aromatic rings. The van der Waals surface area contributed by atoms with Crippen molar-refractivity contribution in [3.8, 4) is 0 Å². The van der Waals surface area contributed by atoms with Crippen LogP contribution in [0.5, 0.6) is 0 Å². The fourth-order valence-electron chi connectivity index (χ4n) is 2.04. The minimum Gasteiger partial charge on any atom is -0.250 e. The van der Waals surface area contributed by atoms with E-state index in [1.54, 1.807) is 48.8 Å². The van der Waals surface area contributed by atoms with Gasteiger partial charge in [0.15, 0.2) is 0 Å². The minimum atomic E-state index is -3.57. The van der Waals surface area contributed by atoms with Crippen LogP contribution in [-0.4, -0.2) is 17.4 Å². The molecule has 0 atom stereocenters. The topological polar surface area (TPSA) is 52.0 Å². The van der Waals surface area contributed by atoms with Gasteiger partial charge in [-0.25, -0.2) is 17.4 Å². The molecule has 0 saturated carbocycles. The molecule has 0 spiro atoms. The van der Waals surface area contributed by atoms with Crippen LogP contribution in [0, 0.1) is 10.6 Å². The van der Waals surface area contributed by atoms with Crippen molar-refractivity contribution in [1.29, 1.82) is 0 Å². The van der Waals surface area contributed by atoms with Gasteiger partial charge in [-0.15, -0.1) is 0 Å². The highest BCUT2D eigenvalue weighted by Gasteiger charge is 2.19. The molecule has 20 heavy (non-hydrogen) atoms. The van der Waals surface area contributed by atoms with E-state index in [0.29, 0.717) is 5.52 Å². The van der Waals surface area contributed by atoms with Gasteiger partial charge in [0.1, 0.15) is 3.70 Å². The largest absolute Gasteiger partial charge is 0.268 e. The highest BCUT2D eigenvalue weighted by atomic mass is 127. The highest BCUT2D eigenvalue weighted by molar-refractivity contribution is 14.1. The first-order valence-electron chi connectivity index (χ1n) is 5.94.